The van der Waals surface area contributed by atoms with Crippen molar-refractivity contribution in [1.82, 2.24) is 14.9 Å². The maximum absolute atomic E-state index is 6.06. The summed E-state index contributed by atoms with van der Waals surface area (Å²) in [5.41, 5.74) is 0.597. The van der Waals surface area contributed by atoms with Gasteiger partial charge in [0.15, 0.2) is 0 Å². The molecule has 2 fully saturated rings. The highest BCUT2D eigenvalue weighted by Crippen LogP contribution is 2.34. The Balaban J connectivity index is 1.48. The van der Waals surface area contributed by atoms with Crippen LogP contribution in [0, 0.1) is 22.7 Å². The van der Waals surface area contributed by atoms with Crippen molar-refractivity contribution in [3.05, 3.63) is 18.1 Å². The molecule has 0 N–H and O–H groups in total. The van der Waals surface area contributed by atoms with Gasteiger partial charge in [-0.3, -0.25) is 0 Å². The second-order valence-electron chi connectivity index (χ2n) is 9.94. The average Bonchev–Trinajstić information content (AvgIpc) is 2.59. The largest absolute Gasteiger partial charge is 0.473 e. The Morgan fingerprint density at radius 1 is 1.07 bits per heavy atom. The molecule has 1 aliphatic heterocycles. The van der Waals surface area contributed by atoms with Gasteiger partial charge >= 0.3 is 0 Å². The van der Waals surface area contributed by atoms with E-state index in [0.717, 1.165) is 39.0 Å². The highest BCUT2D eigenvalue weighted by Gasteiger charge is 2.32. The van der Waals surface area contributed by atoms with Gasteiger partial charge in [0, 0.05) is 38.5 Å². The van der Waals surface area contributed by atoms with Crippen molar-refractivity contribution in [2.75, 3.05) is 33.9 Å². The molecule has 3 rings (SSSR count). The minimum absolute atomic E-state index is 0.0680. The monoisotopic (exact) mass is 401 g/mol. The fourth-order valence-electron chi connectivity index (χ4n) is 4.03. The highest BCUT2D eigenvalue weighted by molar-refractivity contribution is 5.28. The SMILES string of the molecule is COC1CC(Oc2cnc(C#CC(C)(C)CC(C)(C)COC3CN(C)C3)cn2)C1. The Labute approximate surface area is 175 Å². The summed E-state index contributed by atoms with van der Waals surface area (Å²) in [5, 5.41) is 0. The Kier molecular flexibility index (Phi) is 6.83. The molecule has 1 saturated heterocycles. The van der Waals surface area contributed by atoms with Gasteiger partial charge < -0.3 is 19.1 Å². The van der Waals surface area contributed by atoms with Crippen molar-refractivity contribution in [2.24, 2.45) is 10.8 Å². The van der Waals surface area contributed by atoms with Crippen LogP contribution >= 0.6 is 0 Å². The van der Waals surface area contributed by atoms with Crippen LogP contribution in [0.3, 0.4) is 0 Å². The van der Waals surface area contributed by atoms with Crippen LogP contribution in [0.5, 0.6) is 5.88 Å². The van der Waals surface area contributed by atoms with Gasteiger partial charge in [0.1, 0.15) is 11.8 Å². The first kappa shape index (κ1) is 22.0. The number of hydrogen-bond donors (Lipinski definition) is 0. The number of hydrogen-bond acceptors (Lipinski definition) is 6. The van der Waals surface area contributed by atoms with Crippen LogP contribution in [-0.4, -0.2) is 67.0 Å². The first-order chi connectivity index (χ1) is 13.6. The van der Waals surface area contributed by atoms with Gasteiger partial charge in [-0.25, -0.2) is 9.97 Å². The van der Waals surface area contributed by atoms with Crippen LogP contribution in [0.2, 0.25) is 0 Å². The third-order valence-corrected chi connectivity index (χ3v) is 5.49. The lowest BCUT2D eigenvalue weighted by Crippen LogP contribution is -2.50. The van der Waals surface area contributed by atoms with Crippen molar-refractivity contribution < 1.29 is 14.2 Å². The van der Waals surface area contributed by atoms with E-state index >= 15 is 0 Å². The molecule has 0 aromatic carbocycles. The molecule has 0 unspecified atom stereocenters. The third kappa shape index (κ3) is 6.67. The maximum atomic E-state index is 6.06. The molecule has 29 heavy (non-hydrogen) atoms. The molecule has 0 bridgehead atoms. The lowest BCUT2D eigenvalue weighted by molar-refractivity contribution is -0.0745. The molecule has 0 spiro atoms. The molecule has 1 aliphatic carbocycles. The van der Waals surface area contributed by atoms with Gasteiger partial charge in [-0.1, -0.05) is 19.8 Å². The Hall–Kier alpha value is -1.68. The lowest BCUT2D eigenvalue weighted by atomic mass is 9.76. The fourth-order valence-corrected chi connectivity index (χ4v) is 4.03. The van der Waals surface area contributed by atoms with Crippen molar-refractivity contribution in [1.29, 1.82) is 0 Å². The van der Waals surface area contributed by atoms with E-state index < -0.39 is 0 Å². The number of methoxy groups -OCH3 is 1. The topological polar surface area (TPSA) is 56.7 Å². The third-order valence-electron chi connectivity index (χ3n) is 5.49. The number of aromatic nitrogens is 2. The summed E-state index contributed by atoms with van der Waals surface area (Å²) >= 11 is 0. The molecule has 2 heterocycles. The molecule has 6 heteroatoms. The minimum atomic E-state index is -0.138. The molecule has 1 aromatic heterocycles. The van der Waals surface area contributed by atoms with Crippen molar-refractivity contribution >= 4 is 0 Å². The Morgan fingerprint density at radius 3 is 2.38 bits per heavy atom. The molecule has 2 aliphatic rings. The summed E-state index contributed by atoms with van der Waals surface area (Å²) in [5.74, 6) is 7.11. The number of nitrogens with zero attached hydrogens (tertiary/aromatic N) is 3. The van der Waals surface area contributed by atoms with Crippen LogP contribution in [0.15, 0.2) is 12.4 Å². The molecular weight excluding hydrogens is 366 g/mol. The summed E-state index contributed by atoms with van der Waals surface area (Å²) in [6.45, 7) is 11.7. The quantitative estimate of drug-likeness (QED) is 0.624. The molecule has 1 saturated carbocycles. The summed E-state index contributed by atoms with van der Waals surface area (Å²) in [7, 11) is 3.85. The molecule has 0 radical (unpaired) electrons. The van der Waals surface area contributed by atoms with Crippen molar-refractivity contribution in [2.45, 2.75) is 65.3 Å². The van der Waals surface area contributed by atoms with Crippen molar-refractivity contribution in [3.8, 4) is 17.7 Å². The number of likely N-dealkylation sites (N-methyl/N-ethyl adjacent to an activating group) is 1. The van der Waals surface area contributed by atoms with E-state index in [4.69, 9.17) is 14.2 Å². The van der Waals surface area contributed by atoms with Crippen LogP contribution in [0.1, 0.15) is 52.7 Å². The van der Waals surface area contributed by atoms with Crippen LogP contribution < -0.4 is 4.74 Å². The van der Waals surface area contributed by atoms with Gasteiger partial charge in [0.25, 0.3) is 0 Å². The van der Waals surface area contributed by atoms with Gasteiger partial charge in [-0.2, -0.15) is 0 Å². The van der Waals surface area contributed by atoms with E-state index in [-0.39, 0.29) is 16.9 Å². The Bertz CT molecular complexity index is 724. The molecule has 0 amide bonds. The molecule has 1 aromatic rings. The predicted octanol–water partition coefficient (Wildman–Crippen LogP) is 3.16. The minimum Gasteiger partial charge on any atom is -0.473 e. The maximum Gasteiger partial charge on any atom is 0.232 e. The number of ether oxygens (including phenoxy) is 3. The zero-order chi connectivity index (χ0) is 21.1. The van der Waals surface area contributed by atoms with Crippen LogP contribution in [0.4, 0.5) is 0 Å². The number of rotatable bonds is 8. The summed E-state index contributed by atoms with van der Waals surface area (Å²) in [6, 6.07) is 0. The predicted molar refractivity (Wildman–Crippen MR) is 113 cm³/mol. The second-order valence-corrected chi connectivity index (χ2v) is 9.94. The van der Waals surface area contributed by atoms with Gasteiger partial charge in [0.2, 0.25) is 5.88 Å². The second kappa shape index (κ2) is 8.99. The fraction of sp³-hybridized carbons (Fsp3) is 0.739. The van der Waals surface area contributed by atoms with E-state index in [1.54, 1.807) is 19.5 Å². The van der Waals surface area contributed by atoms with Gasteiger partial charge in [0.05, 0.1) is 31.2 Å². The van der Waals surface area contributed by atoms with Gasteiger partial charge in [-0.05, 0) is 38.7 Å². The standard InChI is InChI=1S/C23H35N3O3/c1-22(2,15-23(3,4)16-28-20-13-26(5)14-20)8-7-17-11-25-21(12-24-17)29-19-9-18(10-19)27-6/h11-12,18-20H,9-10,13-16H2,1-6H3. The Morgan fingerprint density at radius 2 is 1.79 bits per heavy atom. The molecule has 160 valence electrons. The molecular formula is C23H35N3O3. The lowest BCUT2D eigenvalue weighted by Gasteiger charge is -2.39. The van der Waals surface area contributed by atoms with Gasteiger partial charge in [-0.15, -0.1) is 0 Å². The average molecular weight is 402 g/mol. The summed E-state index contributed by atoms with van der Waals surface area (Å²) in [6.07, 6.45) is 6.98. The van der Waals surface area contributed by atoms with Crippen LogP contribution in [0.25, 0.3) is 0 Å². The normalized spacial score (nSPS) is 23.0. The first-order valence-electron chi connectivity index (χ1n) is 10.5. The van der Waals surface area contributed by atoms with E-state index in [1.807, 2.05) is 0 Å². The molecule has 6 nitrogen and oxygen atoms in total. The summed E-state index contributed by atoms with van der Waals surface area (Å²) < 4.78 is 17.1. The van der Waals surface area contributed by atoms with Crippen LogP contribution in [-0.2, 0) is 9.47 Å². The zero-order valence-electron chi connectivity index (χ0n) is 18.7. The van der Waals surface area contributed by atoms with E-state index in [0.29, 0.717) is 23.8 Å². The van der Waals surface area contributed by atoms with E-state index in [1.165, 1.54) is 0 Å². The van der Waals surface area contributed by atoms with E-state index in [2.05, 4.69) is 61.5 Å². The van der Waals surface area contributed by atoms with E-state index in [9.17, 15) is 0 Å². The summed E-state index contributed by atoms with van der Waals surface area (Å²) in [4.78, 5) is 11.0. The first-order valence-corrected chi connectivity index (χ1v) is 10.5. The molecule has 0 atom stereocenters. The highest BCUT2D eigenvalue weighted by atomic mass is 16.5. The number of likely N-dealkylation sites (tertiary alicyclic amines) is 1. The zero-order valence-corrected chi connectivity index (χ0v) is 18.7. The van der Waals surface area contributed by atoms with Crippen molar-refractivity contribution in [3.63, 3.8) is 0 Å². The smallest absolute Gasteiger partial charge is 0.232 e.